The van der Waals surface area contributed by atoms with E-state index in [1.54, 1.807) is 0 Å². The number of hydrogen-bond donors (Lipinski definition) is 1. The number of rotatable bonds is 44. The molecular weight excluding hydrogens is 734 g/mol. The van der Waals surface area contributed by atoms with Crippen LogP contribution >= 0.6 is 7.82 Å². The van der Waals surface area contributed by atoms with Gasteiger partial charge in [-0.05, 0) is 51.4 Å². The highest BCUT2D eigenvalue weighted by Gasteiger charge is 2.26. The van der Waals surface area contributed by atoms with Crippen LogP contribution in [0.2, 0.25) is 0 Å². The van der Waals surface area contributed by atoms with Crippen LogP contribution in [0.25, 0.3) is 0 Å². The van der Waals surface area contributed by atoms with Gasteiger partial charge >= 0.3 is 13.8 Å². The van der Waals surface area contributed by atoms with Crippen molar-refractivity contribution in [1.82, 2.24) is 0 Å². The van der Waals surface area contributed by atoms with Gasteiger partial charge in [-0.2, -0.15) is 0 Å². The topological polar surface area (TPSA) is 91.3 Å². The summed E-state index contributed by atoms with van der Waals surface area (Å²) in [6.45, 7) is 5.62. The highest BCUT2D eigenvalue weighted by Crippen LogP contribution is 2.43. The Labute approximate surface area is 353 Å². The smallest absolute Gasteiger partial charge is 0.457 e. The third kappa shape index (κ3) is 45.7. The van der Waals surface area contributed by atoms with Crippen LogP contribution in [0.5, 0.6) is 0 Å². The Morgan fingerprint density at radius 2 is 0.965 bits per heavy atom. The minimum absolute atomic E-state index is 0.0866. The molecule has 0 fully saturated rings. The Morgan fingerprint density at radius 1 is 0.544 bits per heavy atom. The van der Waals surface area contributed by atoms with E-state index in [0.717, 1.165) is 57.8 Å². The zero-order valence-corrected chi connectivity index (χ0v) is 39.0. The lowest BCUT2D eigenvalue weighted by Gasteiger charge is -2.24. The first-order valence-corrected chi connectivity index (χ1v) is 25.2. The molecule has 2 unspecified atom stereocenters. The number of phosphoric acid groups is 1. The fourth-order valence-electron chi connectivity index (χ4n) is 6.50. The van der Waals surface area contributed by atoms with E-state index in [2.05, 4.69) is 50.3 Å². The highest BCUT2D eigenvalue weighted by molar-refractivity contribution is 7.47. The van der Waals surface area contributed by atoms with Crippen molar-refractivity contribution in [2.24, 2.45) is 0 Å². The minimum Gasteiger partial charge on any atom is -0.457 e. The standard InChI is InChI=1S/C48H92NO7P/c1-6-8-10-12-14-16-18-20-22-23-24-25-26-27-28-29-31-33-35-37-39-41-48(50)56-47(46-55-57(51,52)54-44-42-49(3,4)5)45-53-43-40-38-36-34-32-30-21-19-17-15-13-11-9-7-2/h18,20,23-24,26-27,47H,6-17,19,21-22,25,28-46H2,1-5H3/p+1/b20-18-,24-23-,27-26-. The van der Waals surface area contributed by atoms with Crippen LogP contribution in [0, 0.1) is 0 Å². The van der Waals surface area contributed by atoms with E-state index < -0.39 is 13.9 Å². The maximum atomic E-state index is 12.7. The molecular formula is C48H93NO7P+. The van der Waals surface area contributed by atoms with Crippen molar-refractivity contribution in [3.05, 3.63) is 36.5 Å². The zero-order valence-electron chi connectivity index (χ0n) is 38.1. The zero-order chi connectivity index (χ0) is 42.0. The molecule has 1 N–H and O–H groups in total. The fraction of sp³-hybridized carbons (Fsp3) is 0.854. The molecule has 0 aromatic carbocycles. The maximum absolute atomic E-state index is 12.7. The van der Waals surface area contributed by atoms with Crippen molar-refractivity contribution in [2.45, 2.75) is 213 Å². The van der Waals surface area contributed by atoms with Gasteiger partial charge < -0.3 is 18.9 Å². The lowest BCUT2D eigenvalue weighted by molar-refractivity contribution is -0.870. The molecule has 57 heavy (non-hydrogen) atoms. The van der Waals surface area contributed by atoms with Gasteiger partial charge in [0.05, 0.1) is 34.4 Å². The van der Waals surface area contributed by atoms with Gasteiger partial charge in [-0.15, -0.1) is 0 Å². The second-order valence-corrected chi connectivity index (χ2v) is 18.6. The molecule has 336 valence electrons. The van der Waals surface area contributed by atoms with Gasteiger partial charge in [-0.1, -0.05) is 185 Å². The summed E-state index contributed by atoms with van der Waals surface area (Å²) in [5.74, 6) is -0.324. The van der Waals surface area contributed by atoms with Gasteiger partial charge in [0.2, 0.25) is 0 Å². The van der Waals surface area contributed by atoms with Crippen molar-refractivity contribution in [3.8, 4) is 0 Å². The number of unbranched alkanes of at least 4 members (excludes halogenated alkanes) is 24. The first-order valence-electron chi connectivity index (χ1n) is 23.7. The Hall–Kier alpha value is -1.28. The number of carbonyl (C=O) groups excluding carboxylic acids is 1. The number of phosphoric ester groups is 1. The van der Waals surface area contributed by atoms with E-state index in [0.29, 0.717) is 24.1 Å². The summed E-state index contributed by atoms with van der Waals surface area (Å²) in [6.07, 6.45) is 48.9. The number of carbonyl (C=O) groups is 1. The largest absolute Gasteiger partial charge is 0.472 e. The predicted molar refractivity (Wildman–Crippen MR) is 243 cm³/mol. The monoisotopic (exact) mass is 827 g/mol. The van der Waals surface area contributed by atoms with Crippen LogP contribution in [-0.2, 0) is 27.9 Å². The molecule has 0 amide bonds. The number of esters is 1. The Bertz CT molecular complexity index is 1010. The number of hydrogen-bond acceptors (Lipinski definition) is 6. The van der Waals surface area contributed by atoms with Gasteiger partial charge in [-0.25, -0.2) is 4.57 Å². The second kappa shape index (κ2) is 41.5. The Morgan fingerprint density at radius 3 is 1.44 bits per heavy atom. The molecule has 0 rings (SSSR count). The molecule has 0 aliphatic rings. The molecule has 0 spiro atoms. The summed E-state index contributed by atoms with van der Waals surface area (Å²) in [7, 11) is 1.66. The quantitative estimate of drug-likeness (QED) is 0.0215. The molecule has 2 atom stereocenters. The van der Waals surface area contributed by atoms with Crippen molar-refractivity contribution in [3.63, 3.8) is 0 Å². The molecule has 0 heterocycles. The van der Waals surface area contributed by atoms with E-state index in [1.807, 2.05) is 21.1 Å². The number of allylic oxidation sites excluding steroid dienone is 6. The fourth-order valence-corrected chi connectivity index (χ4v) is 7.24. The summed E-state index contributed by atoms with van der Waals surface area (Å²) >= 11 is 0. The van der Waals surface area contributed by atoms with Gasteiger partial charge in [-0.3, -0.25) is 13.8 Å². The molecule has 0 aliphatic carbocycles. The van der Waals surface area contributed by atoms with Crippen LogP contribution in [0.4, 0.5) is 0 Å². The third-order valence-electron chi connectivity index (χ3n) is 10.2. The molecule has 0 aromatic heterocycles. The summed E-state index contributed by atoms with van der Waals surface area (Å²) < 4.78 is 35.0. The highest BCUT2D eigenvalue weighted by atomic mass is 31.2. The number of likely N-dealkylation sites (N-methyl/N-ethyl adjacent to an activating group) is 1. The number of quaternary nitrogens is 1. The summed E-state index contributed by atoms with van der Waals surface area (Å²) in [5, 5.41) is 0. The van der Waals surface area contributed by atoms with Crippen LogP contribution in [0.15, 0.2) is 36.5 Å². The van der Waals surface area contributed by atoms with Crippen molar-refractivity contribution >= 4 is 13.8 Å². The number of ether oxygens (including phenoxy) is 2. The molecule has 8 nitrogen and oxygen atoms in total. The Balaban J connectivity index is 4.20. The van der Waals surface area contributed by atoms with E-state index in [1.165, 1.54) is 128 Å². The predicted octanol–water partition coefficient (Wildman–Crippen LogP) is 14.2. The molecule has 0 saturated heterocycles. The van der Waals surface area contributed by atoms with Crippen LogP contribution in [-0.4, -0.2) is 75.6 Å². The van der Waals surface area contributed by atoms with E-state index in [-0.39, 0.29) is 25.8 Å². The lowest BCUT2D eigenvalue weighted by atomic mass is 10.0. The molecule has 9 heteroatoms. The van der Waals surface area contributed by atoms with E-state index >= 15 is 0 Å². The van der Waals surface area contributed by atoms with Crippen LogP contribution in [0.1, 0.15) is 206 Å². The third-order valence-corrected chi connectivity index (χ3v) is 11.2. The van der Waals surface area contributed by atoms with Crippen LogP contribution < -0.4 is 0 Å². The van der Waals surface area contributed by atoms with E-state index in [4.69, 9.17) is 18.5 Å². The normalized spacial score (nSPS) is 14.0. The summed E-state index contributed by atoms with van der Waals surface area (Å²) in [6, 6.07) is 0. The SMILES string of the molecule is CCCCCCC/C=C\C/C=C\C/C=C\CCCCCCCCC(=O)OC(COCCCCCCCCCCCCCCCC)COP(=O)(O)OCC[N+](C)(C)C. The first-order chi connectivity index (χ1) is 27.6. The van der Waals surface area contributed by atoms with Gasteiger partial charge in [0, 0.05) is 13.0 Å². The minimum atomic E-state index is -4.28. The van der Waals surface area contributed by atoms with Gasteiger partial charge in [0.15, 0.2) is 0 Å². The average Bonchev–Trinajstić information content (AvgIpc) is 3.16. The molecule has 0 bridgehead atoms. The molecule has 0 radical (unpaired) electrons. The molecule has 0 aliphatic heterocycles. The summed E-state index contributed by atoms with van der Waals surface area (Å²) in [4.78, 5) is 22.9. The number of nitrogens with zero attached hydrogens (tertiary/aromatic N) is 1. The lowest BCUT2D eigenvalue weighted by Crippen LogP contribution is -2.37. The van der Waals surface area contributed by atoms with Gasteiger partial charge in [0.25, 0.3) is 0 Å². The summed E-state index contributed by atoms with van der Waals surface area (Å²) in [5.41, 5.74) is 0. The molecule has 0 saturated carbocycles. The average molecular weight is 827 g/mol. The van der Waals surface area contributed by atoms with Crippen molar-refractivity contribution in [2.75, 3.05) is 54.1 Å². The Kier molecular flexibility index (Phi) is 40.5. The first kappa shape index (κ1) is 55.7. The van der Waals surface area contributed by atoms with Crippen molar-refractivity contribution < 1.29 is 37.3 Å². The molecule has 0 aromatic rings. The van der Waals surface area contributed by atoms with Gasteiger partial charge in [0.1, 0.15) is 19.3 Å². The van der Waals surface area contributed by atoms with E-state index in [9.17, 15) is 14.3 Å². The maximum Gasteiger partial charge on any atom is 0.472 e. The second-order valence-electron chi connectivity index (χ2n) is 17.1. The van der Waals surface area contributed by atoms with Crippen molar-refractivity contribution in [1.29, 1.82) is 0 Å². The van der Waals surface area contributed by atoms with Crippen LogP contribution in [0.3, 0.4) is 0 Å².